The highest BCUT2D eigenvalue weighted by molar-refractivity contribution is 5.44. The van der Waals surface area contributed by atoms with Crippen LogP contribution < -0.4 is 9.47 Å². The van der Waals surface area contributed by atoms with E-state index < -0.39 is 25.3 Å². The molecule has 1 aliphatic heterocycles. The SMILES string of the molecule is OC(COCCC(F)(F)F)c1ccc2c(c1)OCCO2. The molecule has 0 spiro atoms. The Hall–Kier alpha value is -1.47. The number of fused-ring (bicyclic) bond motifs is 1. The fourth-order valence-corrected chi connectivity index (χ4v) is 1.75. The van der Waals surface area contributed by atoms with Crippen LogP contribution in [0.2, 0.25) is 0 Å². The van der Waals surface area contributed by atoms with E-state index in [1.165, 1.54) is 0 Å². The molecule has 7 heteroatoms. The van der Waals surface area contributed by atoms with Gasteiger partial charge in [0.05, 0.1) is 19.6 Å². The number of hydrogen-bond donors (Lipinski definition) is 1. The van der Waals surface area contributed by atoms with Gasteiger partial charge in [0, 0.05) is 0 Å². The van der Waals surface area contributed by atoms with Crippen molar-refractivity contribution in [2.24, 2.45) is 0 Å². The maximum Gasteiger partial charge on any atom is 0.391 e. The molecular formula is C13H15F3O4. The number of rotatable bonds is 5. The molecule has 0 aliphatic carbocycles. The van der Waals surface area contributed by atoms with Gasteiger partial charge in [-0.2, -0.15) is 13.2 Å². The van der Waals surface area contributed by atoms with E-state index in [0.717, 1.165) is 0 Å². The summed E-state index contributed by atoms with van der Waals surface area (Å²) in [6.07, 6.45) is -6.28. The number of alkyl halides is 3. The molecule has 1 aliphatic rings. The van der Waals surface area contributed by atoms with Crippen LogP contribution in [0, 0.1) is 0 Å². The first-order valence-corrected chi connectivity index (χ1v) is 6.18. The number of ether oxygens (including phenoxy) is 3. The molecule has 1 aromatic rings. The van der Waals surface area contributed by atoms with Crippen molar-refractivity contribution >= 4 is 0 Å². The molecule has 1 unspecified atom stereocenters. The van der Waals surface area contributed by atoms with Crippen molar-refractivity contribution in [1.82, 2.24) is 0 Å². The van der Waals surface area contributed by atoms with Crippen molar-refractivity contribution in [2.75, 3.05) is 26.4 Å². The standard InChI is InChI=1S/C13H15F3O4/c14-13(15,16)3-4-18-8-10(17)9-1-2-11-12(7-9)20-6-5-19-11/h1-2,7,10,17H,3-6,8H2. The minimum atomic E-state index is -4.25. The van der Waals surface area contributed by atoms with Crippen molar-refractivity contribution in [1.29, 1.82) is 0 Å². The minimum Gasteiger partial charge on any atom is -0.486 e. The molecule has 1 N–H and O–H groups in total. The quantitative estimate of drug-likeness (QED) is 0.847. The first-order chi connectivity index (χ1) is 9.46. The van der Waals surface area contributed by atoms with E-state index in [0.29, 0.717) is 30.3 Å². The van der Waals surface area contributed by atoms with Gasteiger partial charge in [-0.3, -0.25) is 0 Å². The summed E-state index contributed by atoms with van der Waals surface area (Å²) in [7, 11) is 0. The van der Waals surface area contributed by atoms with Crippen LogP contribution in [0.15, 0.2) is 18.2 Å². The second kappa shape index (κ2) is 6.32. The Morgan fingerprint density at radius 3 is 2.60 bits per heavy atom. The van der Waals surface area contributed by atoms with Crippen LogP contribution in [0.3, 0.4) is 0 Å². The van der Waals surface area contributed by atoms with Crippen molar-refractivity contribution in [3.05, 3.63) is 23.8 Å². The Bertz CT molecular complexity index is 448. The maximum atomic E-state index is 11.9. The third kappa shape index (κ3) is 4.28. The van der Waals surface area contributed by atoms with Gasteiger partial charge in [-0.25, -0.2) is 0 Å². The normalized spacial score (nSPS) is 16.0. The van der Waals surface area contributed by atoms with E-state index in [1.807, 2.05) is 0 Å². The molecule has 0 saturated heterocycles. The number of hydrogen-bond acceptors (Lipinski definition) is 4. The predicted octanol–water partition coefficient (Wildman–Crippen LogP) is 2.46. The predicted molar refractivity (Wildman–Crippen MR) is 63.9 cm³/mol. The summed E-state index contributed by atoms with van der Waals surface area (Å²) in [4.78, 5) is 0. The van der Waals surface area contributed by atoms with Crippen molar-refractivity contribution in [3.8, 4) is 11.5 Å². The van der Waals surface area contributed by atoms with Gasteiger partial charge in [0.25, 0.3) is 0 Å². The van der Waals surface area contributed by atoms with Gasteiger partial charge in [0.15, 0.2) is 11.5 Å². The zero-order chi connectivity index (χ0) is 14.6. The Morgan fingerprint density at radius 2 is 1.90 bits per heavy atom. The van der Waals surface area contributed by atoms with Gasteiger partial charge in [-0.1, -0.05) is 6.07 Å². The smallest absolute Gasteiger partial charge is 0.391 e. The highest BCUT2D eigenvalue weighted by atomic mass is 19.4. The first-order valence-electron chi connectivity index (χ1n) is 6.18. The van der Waals surface area contributed by atoms with Crippen LogP contribution in [0.5, 0.6) is 11.5 Å². The zero-order valence-corrected chi connectivity index (χ0v) is 10.7. The van der Waals surface area contributed by atoms with Crippen molar-refractivity contribution in [2.45, 2.75) is 18.7 Å². The number of aliphatic hydroxyl groups excluding tert-OH is 1. The molecule has 0 radical (unpaired) electrons. The van der Waals surface area contributed by atoms with Crippen LogP contribution in [0.1, 0.15) is 18.1 Å². The van der Waals surface area contributed by atoms with Gasteiger partial charge in [0.2, 0.25) is 0 Å². The van der Waals surface area contributed by atoms with E-state index in [9.17, 15) is 18.3 Å². The van der Waals surface area contributed by atoms with Crippen LogP contribution in [0.25, 0.3) is 0 Å². The largest absolute Gasteiger partial charge is 0.486 e. The molecule has 1 atom stereocenters. The molecule has 0 bridgehead atoms. The summed E-state index contributed by atoms with van der Waals surface area (Å²) in [6.45, 7) is 0.227. The highest BCUT2D eigenvalue weighted by Gasteiger charge is 2.26. The lowest BCUT2D eigenvalue weighted by Crippen LogP contribution is -2.17. The zero-order valence-electron chi connectivity index (χ0n) is 10.7. The maximum absolute atomic E-state index is 11.9. The highest BCUT2D eigenvalue weighted by Crippen LogP contribution is 2.32. The molecule has 4 nitrogen and oxygen atoms in total. The minimum absolute atomic E-state index is 0.199. The summed E-state index contributed by atoms with van der Waals surface area (Å²) in [6, 6.07) is 4.89. The average Bonchev–Trinajstić information content (AvgIpc) is 2.42. The summed E-state index contributed by atoms with van der Waals surface area (Å²) in [5, 5.41) is 9.85. The van der Waals surface area contributed by atoms with Crippen LogP contribution in [0.4, 0.5) is 13.2 Å². The Labute approximate surface area is 114 Å². The summed E-state index contributed by atoms with van der Waals surface area (Å²) < 4.78 is 51.3. The summed E-state index contributed by atoms with van der Waals surface area (Å²) >= 11 is 0. The lowest BCUT2D eigenvalue weighted by molar-refractivity contribution is -0.147. The van der Waals surface area contributed by atoms with Gasteiger partial charge < -0.3 is 19.3 Å². The van der Waals surface area contributed by atoms with Gasteiger partial charge in [-0.05, 0) is 17.7 Å². The number of benzene rings is 1. The third-order valence-corrected chi connectivity index (χ3v) is 2.76. The molecule has 1 heterocycles. The van der Waals surface area contributed by atoms with Gasteiger partial charge in [0.1, 0.15) is 19.3 Å². The van der Waals surface area contributed by atoms with Crippen LogP contribution in [-0.2, 0) is 4.74 Å². The fraction of sp³-hybridized carbons (Fsp3) is 0.538. The number of aliphatic hydroxyl groups is 1. The molecule has 0 amide bonds. The van der Waals surface area contributed by atoms with E-state index in [1.54, 1.807) is 18.2 Å². The second-order valence-corrected chi connectivity index (χ2v) is 4.36. The molecule has 112 valence electrons. The van der Waals surface area contributed by atoms with Crippen LogP contribution in [-0.4, -0.2) is 37.7 Å². The Morgan fingerprint density at radius 1 is 1.20 bits per heavy atom. The third-order valence-electron chi connectivity index (χ3n) is 2.76. The average molecular weight is 292 g/mol. The molecule has 1 aromatic carbocycles. The van der Waals surface area contributed by atoms with E-state index in [-0.39, 0.29) is 6.61 Å². The Kier molecular flexibility index (Phi) is 4.72. The van der Waals surface area contributed by atoms with E-state index >= 15 is 0 Å². The molecule has 20 heavy (non-hydrogen) atoms. The van der Waals surface area contributed by atoms with E-state index in [2.05, 4.69) is 0 Å². The monoisotopic (exact) mass is 292 g/mol. The molecule has 0 fully saturated rings. The molecule has 0 saturated carbocycles. The lowest BCUT2D eigenvalue weighted by Gasteiger charge is -2.20. The summed E-state index contributed by atoms with van der Waals surface area (Å²) in [5.41, 5.74) is 0.515. The molecule has 0 aromatic heterocycles. The van der Waals surface area contributed by atoms with Gasteiger partial charge >= 0.3 is 6.18 Å². The van der Waals surface area contributed by atoms with Crippen molar-refractivity contribution < 1.29 is 32.5 Å². The first kappa shape index (κ1) is 14.9. The molecule has 2 rings (SSSR count). The van der Waals surface area contributed by atoms with E-state index in [4.69, 9.17) is 14.2 Å². The number of halogens is 3. The lowest BCUT2D eigenvalue weighted by atomic mass is 10.1. The van der Waals surface area contributed by atoms with Crippen molar-refractivity contribution in [3.63, 3.8) is 0 Å². The topological polar surface area (TPSA) is 47.9 Å². The molecular weight excluding hydrogens is 277 g/mol. The Balaban J connectivity index is 1.84. The second-order valence-electron chi connectivity index (χ2n) is 4.36. The van der Waals surface area contributed by atoms with Crippen LogP contribution >= 0.6 is 0 Å². The fourth-order valence-electron chi connectivity index (χ4n) is 1.75. The van der Waals surface area contributed by atoms with Gasteiger partial charge in [-0.15, -0.1) is 0 Å². The summed E-state index contributed by atoms with van der Waals surface area (Å²) in [5.74, 6) is 1.10.